The molecular formula is C12H14N4S. The number of nitrogens with one attached hydrogen (secondary N) is 1. The van der Waals surface area contributed by atoms with Crippen LogP contribution in [0, 0.1) is 11.8 Å². The lowest BCUT2D eigenvalue weighted by Gasteiger charge is -2.19. The Kier molecular flexibility index (Phi) is 2.09. The molecular weight excluding hydrogens is 232 g/mol. The highest BCUT2D eigenvalue weighted by Crippen LogP contribution is 2.52. The van der Waals surface area contributed by atoms with Crippen LogP contribution in [0.1, 0.15) is 37.3 Å². The Balaban J connectivity index is 1.63. The molecule has 4 nitrogen and oxygen atoms in total. The lowest BCUT2D eigenvalue weighted by atomic mass is 9.87. The molecule has 17 heavy (non-hydrogen) atoms. The van der Waals surface area contributed by atoms with E-state index in [9.17, 15) is 0 Å². The number of thiazole rings is 1. The van der Waals surface area contributed by atoms with Gasteiger partial charge in [0.2, 0.25) is 0 Å². The molecule has 0 radical (unpaired) electrons. The van der Waals surface area contributed by atoms with Crippen LogP contribution in [-0.4, -0.2) is 20.2 Å². The van der Waals surface area contributed by atoms with Crippen molar-refractivity contribution in [3.63, 3.8) is 0 Å². The van der Waals surface area contributed by atoms with E-state index >= 15 is 0 Å². The van der Waals surface area contributed by atoms with E-state index in [1.807, 2.05) is 0 Å². The lowest BCUT2D eigenvalue weighted by Crippen LogP contribution is -2.08. The first kappa shape index (κ1) is 9.76. The quantitative estimate of drug-likeness (QED) is 0.886. The summed E-state index contributed by atoms with van der Waals surface area (Å²) < 4.78 is 0. The Bertz CT molecular complexity index is 518. The molecule has 5 heteroatoms. The smallest absolute Gasteiger partial charge is 0.184 e. The fraction of sp³-hybridized carbons (Fsp3) is 0.583. The van der Waals surface area contributed by atoms with Gasteiger partial charge in [-0.2, -0.15) is 5.10 Å². The number of nitrogens with zero attached hydrogens (tertiary/aromatic N) is 3. The van der Waals surface area contributed by atoms with Gasteiger partial charge in [-0.25, -0.2) is 9.97 Å². The number of hydrogen-bond acceptors (Lipinski definition) is 4. The van der Waals surface area contributed by atoms with E-state index in [1.165, 1.54) is 37.7 Å². The van der Waals surface area contributed by atoms with Crippen molar-refractivity contribution in [2.45, 2.75) is 31.6 Å². The molecule has 2 bridgehead atoms. The van der Waals surface area contributed by atoms with Gasteiger partial charge >= 0.3 is 0 Å². The van der Waals surface area contributed by atoms with Crippen LogP contribution >= 0.6 is 11.3 Å². The summed E-state index contributed by atoms with van der Waals surface area (Å²) in [5.74, 6) is 3.37. The molecule has 0 aromatic carbocycles. The van der Waals surface area contributed by atoms with Gasteiger partial charge in [0.05, 0.1) is 5.69 Å². The summed E-state index contributed by atoms with van der Waals surface area (Å²) in [6, 6.07) is 0. The molecule has 0 amide bonds. The number of fused-ring (bicyclic) bond motifs is 2. The average molecular weight is 246 g/mol. The Morgan fingerprint density at radius 2 is 2.29 bits per heavy atom. The Labute approximate surface area is 104 Å². The molecule has 2 saturated carbocycles. The molecule has 2 aromatic heterocycles. The fourth-order valence-corrected chi connectivity index (χ4v) is 4.31. The van der Waals surface area contributed by atoms with Gasteiger partial charge in [-0.3, -0.25) is 5.10 Å². The molecule has 3 atom stereocenters. The van der Waals surface area contributed by atoms with E-state index in [2.05, 4.69) is 20.6 Å². The first-order valence-electron chi connectivity index (χ1n) is 6.21. The van der Waals surface area contributed by atoms with E-state index < -0.39 is 0 Å². The molecule has 2 fully saturated rings. The molecule has 4 rings (SSSR count). The Morgan fingerprint density at radius 3 is 3.00 bits per heavy atom. The first-order chi connectivity index (χ1) is 8.40. The largest absolute Gasteiger partial charge is 0.257 e. The third-order valence-electron chi connectivity index (χ3n) is 4.26. The minimum atomic E-state index is 0.710. The highest BCUT2D eigenvalue weighted by molar-refractivity contribution is 7.13. The van der Waals surface area contributed by atoms with Crippen LogP contribution in [0.25, 0.3) is 10.8 Å². The van der Waals surface area contributed by atoms with Crippen LogP contribution in [0.4, 0.5) is 0 Å². The zero-order chi connectivity index (χ0) is 11.2. The molecule has 0 aliphatic heterocycles. The second-order valence-electron chi connectivity index (χ2n) is 5.19. The summed E-state index contributed by atoms with van der Waals surface area (Å²) in [4.78, 5) is 8.89. The minimum absolute atomic E-state index is 0.710. The van der Waals surface area contributed by atoms with Gasteiger partial charge in [0.15, 0.2) is 10.8 Å². The lowest BCUT2D eigenvalue weighted by molar-refractivity contribution is 0.414. The summed E-state index contributed by atoms with van der Waals surface area (Å²) in [7, 11) is 0. The van der Waals surface area contributed by atoms with E-state index in [-0.39, 0.29) is 0 Å². The fourth-order valence-electron chi connectivity index (χ4n) is 3.48. The van der Waals surface area contributed by atoms with E-state index in [4.69, 9.17) is 4.98 Å². The maximum absolute atomic E-state index is 4.74. The maximum atomic E-state index is 4.74. The molecule has 3 unspecified atom stereocenters. The van der Waals surface area contributed by atoms with Crippen LogP contribution < -0.4 is 0 Å². The van der Waals surface area contributed by atoms with Crippen LogP contribution in [-0.2, 0) is 0 Å². The second-order valence-corrected chi connectivity index (χ2v) is 6.05. The third-order valence-corrected chi connectivity index (χ3v) is 5.12. The van der Waals surface area contributed by atoms with E-state index in [0.717, 1.165) is 22.7 Å². The van der Waals surface area contributed by atoms with Crippen molar-refractivity contribution in [1.29, 1.82) is 0 Å². The first-order valence-corrected chi connectivity index (χ1v) is 7.09. The van der Waals surface area contributed by atoms with Crippen LogP contribution in [0.3, 0.4) is 0 Å². The van der Waals surface area contributed by atoms with Gasteiger partial charge < -0.3 is 0 Å². The predicted octanol–water partition coefficient (Wildman–Crippen LogP) is 2.83. The Morgan fingerprint density at radius 1 is 1.29 bits per heavy atom. The second kappa shape index (κ2) is 3.63. The molecule has 88 valence electrons. The van der Waals surface area contributed by atoms with Gasteiger partial charge in [-0.1, -0.05) is 6.42 Å². The molecule has 2 aliphatic carbocycles. The predicted molar refractivity (Wildman–Crippen MR) is 65.7 cm³/mol. The van der Waals surface area contributed by atoms with Gasteiger partial charge in [0, 0.05) is 11.3 Å². The van der Waals surface area contributed by atoms with Gasteiger partial charge in [0.25, 0.3) is 0 Å². The number of hydrogen-bond donors (Lipinski definition) is 1. The zero-order valence-electron chi connectivity index (χ0n) is 9.47. The van der Waals surface area contributed by atoms with E-state index in [0.29, 0.717) is 5.92 Å². The summed E-state index contributed by atoms with van der Waals surface area (Å²) in [5.41, 5.74) is 1.29. The summed E-state index contributed by atoms with van der Waals surface area (Å²) in [6.45, 7) is 0. The summed E-state index contributed by atoms with van der Waals surface area (Å²) in [5, 5.41) is 9.94. The third kappa shape index (κ3) is 1.52. The van der Waals surface area contributed by atoms with Crippen molar-refractivity contribution in [3.8, 4) is 10.8 Å². The van der Waals surface area contributed by atoms with Crippen molar-refractivity contribution in [3.05, 3.63) is 17.4 Å². The van der Waals surface area contributed by atoms with Gasteiger partial charge in [0.1, 0.15) is 6.33 Å². The molecule has 2 heterocycles. The standard InChI is InChI=1S/C12H14N4S/c1-2-8-3-7(1)4-9(8)10-5-17-12(15-10)11-13-6-14-16-11/h5-9H,1-4H2,(H,13,14,16). The van der Waals surface area contributed by atoms with Crippen LogP contribution in [0.15, 0.2) is 11.7 Å². The summed E-state index contributed by atoms with van der Waals surface area (Å²) in [6.07, 6.45) is 7.17. The van der Waals surface area contributed by atoms with Gasteiger partial charge in [-0.05, 0) is 31.1 Å². The highest BCUT2D eigenvalue weighted by Gasteiger charge is 2.41. The van der Waals surface area contributed by atoms with Crippen LogP contribution in [0.2, 0.25) is 0 Å². The molecule has 0 spiro atoms. The number of aromatic amines is 1. The average Bonchev–Trinajstić information content (AvgIpc) is 3.12. The van der Waals surface area contributed by atoms with Crippen LogP contribution in [0.5, 0.6) is 0 Å². The topological polar surface area (TPSA) is 54.5 Å². The minimum Gasteiger partial charge on any atom is -0.257 e. The Hall–Kier alpha value is -1.23. The maximum Gasteiger partial charge on any atom is 0.184 e. The molecule has 1 N–H and O–H groups in total. The van der Waals surface area contributed by atoms with Crippen molar-refractivity contribution in [1.82, 2.24) is 20.2 Å². The van der Waals surface area contributed by atoms with Crippen molar-refractivity contribution < 1.29 is 0 Å². The SMILES string of the molecule is c1n[nH]c(-c2nc(C3CC4CCC3C4)cs2)n1. The van der Waals surface area contributed by atoms with Crippen molar-refractivity contribution >= 4 is 11.3 Å². The normalized spacial score (nSPS) is 31.2. The molecule has 2 aliphatic rings. The number of H-pyrrole nitrogens is 1. The van der Waals surface area contributed by atoms with E-state index in [1.54, 1.807) is 11.3 Å². The zero-order valence-corrected chi connectivity index (χ0v) is 10.3. The summed E-state index contributed by atoms with van der Waals surface area (Å²) >= 11 is 1.68. The number of aromatic nitrogens is 4. The molecule has 0 saturated heterocycles. The number of rotatable bonds is 2. The van der Waals surface area contributed by atoms with Crippen molar-refractivity contribution in [2.24, 2.45) is 11.8 Å². The monoisotopic (exact) mass is 246 g/mol. The van der Waals surface area contributed by atoms with Gasteiger partial charge in [-0.15, -0.1) is 11.3 Å². The molecule has 2 aromatic rings. The van der Waals surface area contributed by atoms with Crippen molar-refractivity contribution in [2.75, 3.05) is 0 Å². The highest BCUT2D eigenvalue weighted by atomic mass is 32.1.